The quantitative estimate of drug-likeness (QED) is 0.247. The van der Waals surface area contributed by atoms with Crippen LogP contribution in [-0.2, 0) is 4.79 Å². The highest BCUT2D eigenvalue weighted by molar-refractivity contribution is 6.76. The Bertz CT molecular complexity index is 228. The molecule has 6 heteroatoms. The standard InChI is InChI=1S/C7H9Cl3N2O/c1-2-3-4-11-6(12-5-13)7(8,9)10/h2-4H2,1H3. The number of isocyanates is 1. The molecule has 0 saturated carbocycles. The number of hydrogen-bond donors (Lipinski definition) is 0. The molecule has 0 bridgehead atoms. The third-order valence-corrected chi connectivity index (χ3v) is 1.69. The van der Waals surface area contributed by atoms with Crippen LogP contribution >= 0.6 is 34.8 Å². The molecule has 0 spiro atoms. The van der Waals surface area contributed by atoms with Crippen molar-refractivity contribution in [1.29, 1.82) is 0 Å². The maximum absolute atomic E-state index is 9.95. The first-order chi connectivity index (χ1) is 6.02. The van der Waals surface area contributed by atoms with E-state index in [1.165, 1.54) is 6.08 Å². The lowest BCUT2D eigenvalue weighted by Gasteiger charge is -2.07. The van der Waals surface area contributed by atoms with Gasteiger partial charge < -0.3 is 0 Å². The summed E-state index contributed by atoms with van der Waals surface area (Å²) >= 11 is 16.5. The smallest absolute Gasteiger partial charge is 0.250 e. The van der Waals surface area contributed by atoms with Crippen LogP contribution in [0, 0.1) is 0 Å². The molecular weight excluding hydrogens is 234 g/mol. The molecule has 0 heterocycles. The Hall–Kier alpha value is -0.0800. The van der Waals surface area contributed by atoms with E-state index in [9.17, 15) is 4.79 Å². The molecule has 0 aliphatic carbocycles. The van der Waals surface area contributed by atoms with Crippen molar-refractivity contribution in [1.82, 2.24) is 0 Å². The zero-order chi connectivity index (χ0) is 10.3. The normalized spacial score (nSPS) is 12.5. The predicted octanol–water partition coefficient (Wildman–Crippen LogP) is 2.89. The summed E-state index contributed by atoms with van der Waals surface area (Å²) in [6, 6.07) is 0. The molecule has 74 valence electrons. The highest BCUT2D eigenvalue weighted by Crippen LogP contribution is 2.28. The van der Waals surface area contributed by atoms with E-state index in [0.29, 0.717) is 6.54 Å². The molecule has 3 nitrogen and oxygen atoms in total. The number of carbonyl (C=O) groups excluding carboxylic acids is 1. The van der Waals surface area contributed by atoms with Crippen molar-refractivity contribution in [2.75, 3.05) is 6.54 Å². The van der Waals surface area contributed by atoms with Gasteiger partial charge in [0, 0.05) is 6.54 Å². The van der Waals surface area contributed by atoms with Crippen LogP contribution in [0.4, 0.5) is 0 Å². The van der Waals surface area contributed by atoms with E-state index in [1.807, 2.05) is 6.92 Å². The minimum Gasteiger partial charge on any atom is -0.266 e. The van der Waals surface area contributed by atoms with Crippen LogP contribution in [0.1, 0.15) is 19.8 Å². The summed E-state index contributed by atoms with van der Waals surface area (Å²) in [7, 11) is 0. The van der Waals surface area contributed by atoms with Crippen molar-refractivity contribution in [3.8, 4) is 0 Å². The molecule has 0 aliphatic heterocycles. The van der Waals surface area contributed by atoms with E-state index in [1.54, 1.807) is 0 Å². The van der Waals surface area contributed by atoms with Crippen molar-refractivity contribution >= 4 is 46.7 Å². The largest absolute Gasteiger partial charge is 0.266 e. The summed E-state index contributed by atoms with van der Waals surface area (Å²) in [5.41, 5.74) is 0. The number of nitrogens with zero attached hydrogens (tertiary/aromatic N) is 2. The Morgan fingerprint density at radius 3 is 2.46 bits per heavy atom. The van der Waals surface area contributed by atoms with Crippen LogP contribution < -0.4 is 0 Å². The topological polar surface area (TPSA) is 41.8 Å². The Morgan fingerprint density at radius 1 is 1.46 bits per heavy atom. The first-order valence-electron chi connectivity index (χ1n) is 3.72. The summed E-state index contributed by atoms with van der Waals surface area (Å²) in [6.07, 6.45) is 3.13. The summed E-state index contributed by atoms with van der Waals surface area (Å²) in [6.45, 7) is 2.50. The maximum atomic E-state index is 9.95. The Balaban J connectivity index is 4.42. The number of rotatable bonds is 3. The van der Waals surface area contributed by atoms with Gasteiger partial charge in [-0.15, -0.1) is 4.99 Å². The van der Waals surface area contributed by atoms with E-state index in [0.717, 1.165) is 12.8 Å². The summed E-state index contributed by atoms with van der Waals surface area (Å²) in [5, 5.41) is 0. The van der Waals surface area contributed by atoms with Gasteiger partial charge in [0.05, 0.1) is 0 Å². The van der Waals surface area contributed by atoms with Crippen LogP contribution in [0.2, 0.25) is 0 Å². The third-order valence-electron chi connectivity index (χ3n) is 1.18. The molecule has 0 rings (SSSR count). The van der Waals surface area contributed by atoms with Crippen LogP contribution in [0.5, 0.6) is 0 Å². The van der Waals surface area contributed by atoms with Gasteiger partial charge in [0.2, 0.25) is 6.08 Å². The molecule has 0 fully saturated rings. The monoisotopic (exact) mass is 242 g/mol. The minimum atomic E-state index is -1.74. The van der Waals surface area contributed by atoms with E-state index in [4.69, 9.17) is 34.8 Å². The van der Waals surface area contributed by atoms with Gasteiger partial charge in [-0.25, -0.2) is 4.79 Å². The lowest BCUT2D eigenvalue weighted by atomic mass is 10.3. The van der Waals surface area contributed by atoms with Crippen LogP contribution in [0.3, 0.4) is 0 Å². The van der Waals surface area contributed by atoms with Crippen molar-refractivity contribution in [2.24, 2.45) is 9.98 Å². The van der Waals surface area contributed by atoms with Crippen molar-refractivity contribution in [2.45, 2.75) is 23.6 Å². The van der Waals surface area contributed by atoms with Gasteiger partial charge in [-0.2, -0.15) is 0 Å². The molecule has 0 aromatic heterocycles. The van der Waals surface area contributed by atoms with Gasteiger partial charge in [0.1, 0.15) is 0 Å². The highest BCUT2D eigenvalue weighted by atomic mass is 35.6. The van der Waals surface area contributed by atoms with Crippen LogP contribution in [-0.4, -0.2) is 22.3 Å². The lowest BCUT2D eigenvalue weighted by molar-refractivity contribution is 0.565. The molecule has 0 amide bonds. The fraction of sp³-hybridized carbons (Fsp3) is 0.714. The van der Waals surface area contributed by atoms with E-state index < -0.39 is 3.79 Å². The molecule has 0 aromatic carbocycles. The van der Waals surface area contributed by atoms with Gasteiger partial charge in [-0.05, 0) is 6.42 Å². The van der Waals surface area contributed by atoms with Crippen LogP contribution in [0.25, 0.3) is 0 Å². The molecular formula is C7H9Cl3N2O. The van der Waals surface area contributed by atoms with Crippen LogP contribution in [0.15, 0.2) is 9.98 Å². The zero-order valence-corrected chi connectivity index (χ0v) is 9.33. The summed E-state index contributed by atoms with van der Waals surface area (Å²) in [5.74, 6) is -0.110. The van der Waals surface area contributed by atoms with E-state index in [-0.39, 0.29) is 5.84 Å². The van der Waals surface area contributed by atoms with E-state index >= 15 is 0 Å². The van der Waals surface area contributed by atoms with Gasteiger partial charge in [0.15, 0.2) is 5.84 Å². The average Bonchev–Trinajstić information content (AvgIpc) is 2.01. The van der Waals surface area contributed by atoms with Gasteiger partial charge >= 0.3 is 0 Å². The predicted molar refractivity (Wildman–Crippen MR) is 55.6 cm³/mol. The highest BCUT2D eigenvalue weighted by Gasteiger charge is 2.27. The van der Waals surface area contributed by atoms with Crippen molar-refractivity contribution in [3.63, 3.8) is 0 Å². The number of hydrogen-bond acceptors (Lipinski definition) is 2. The first kappa shape index (κ1) is 12.9. The zero-order valence-electron chi connectivity index (χ0n) is 7.06. The fourth-order valence-corrected chi connectivity index (χ4v) is 0.881. The average molecular weight is 244 g/mol. The number of aliphatic imine (C=N–C) groups is 2. The van der Waals surface area contributed by atoms with Crippen molar-refractivity contribution in [3.05, 3.63) is 0 Å². The molecule has 13 heavy (non-hydrogen) atoms. The Kier molecular flexibility index (Phi) is 6.35. The molecule has 0 radical (unpaired) electrons. The summed E-state index contributed by atoms with van der Waals surface area (Å²) in [4.78, 5) is 17.0. The molecule has 0 atom stereocenters. The number of halogens is 3. The van der Waals surface area contributed by atoms with Gasteiger partial charge in [0.25, 0.3) is 3.79 Å². The minimum absolute atomic E-state index is 0.110. The number of amidine groups is 1. The maximum Gasteiger partial charge on any atom is 0.250 e. The van der Waals surface area contributed by atoms with Gasteiger partial charge in [-0.1, -0.05) is 48.1 Å². The molecule has 0 saturated heterocycles. The second-order valence-corrected chi connectivity index (χ2v) is 4.54. The fourth-order valence-electron chi connectivity index (χ4n) is 0.575. The Morgan fingerprint density at radius 2 is 2.08 bits per heavy atom. The molecule has 0 unspecified atom stereocenters. The lowest BCUT2D eigenvalue weighted by Crippen LogP contribution is -2.17. The van der Waals surface area contributed by atoms with Gasteiger partial charge in [-0.3, -0.25) is 4.99 Å². The van der Waals surface area contributed by atoms with E-state index in [2.05, 4.69) is 9.98 Å². The molecule has 0 aromatic rings. The summed E-state index contributed by atoms with van der Waals surface area (Å²) < 4.78 is -1.74. The first-order valence-corrected chi connectivity index (χ1v) is 4.85. The second-order valence-electron chi connectivity index (χ2n) is 2.26. The molecule has 0 N–H and O–H groups in total. The number of unbranched alkanes of at least 4 members (excludes halogenated alkanes) is 1. The number of alkyl halides is 3. The second kappa shape index (κ2) is 6.39. The SMILES string of the molecule is CCCCN=C(N=C=O)C(Cl)(Cl)Cl. The van der Waals surface area contributed by atoms with Crippen molar-refractivity contribution < 1.29 is 4.79 Å². The Labute approximate surface area is 91.8 Å². The molecule has 0 aliphatic rings. The third kappa shape index (κ3) is 6.05.